The Kier molecular flexibility index (Phi) is 4.49. The number of rotatable bonds is 4. The average Bonchev–Trinajstić information content (AvgIpc) is 2.30. The van der Waals surface area contributed by atoms with Crippen LogP contribution in [0.3, 0.4) is 0 Å². The van der Waals surface area contributed by atoms with Crippen molar-refractivity contribution in [1.82, 2.24) is 0 Å². The molecule has 1 aromatic carbocycles. The Morgan fingerprint density at radius 3 is 2.82 bits per heavy atom. The number of nitrogens with zero attached hydrogens (tertiary/aromatic N) is 1. The molecule has 0 aliphatic rings. The van der Waals surface area contributed by atoms with Gasteiger partial charge in [-0.05, 0) is 24.1 Å². The summed E-state index contributed by atoms with van der Waals surface area (Å²) in [5, 5.41) is 18.5. The van der Waals surface area contributed by atoms with E-state index in [2.05, 4.69) is 0 Å². The Balaban J connectivity index is 3.15. The van der Waals surface area contributed by atoms with E-state index in [-0.39, 0.29) is 30.9 Å². The topological polar surface area (TPSA) is 96.3 Å². The van der Waals surface area contributed by atoms with Crippen molar-refractivity contribution in [1.29, 1.82) is 5.26 Å². The molecule has 0 aliphatic carbocycles. The van der Waals surface area contributed by atoms with E-state index in [4.69, 9.17) is 15.7 Å². The fourth-order valence-electron chi connectivity index (χ4n) is 1.55. The summed E-state index contributed by atoms with van der Waals surface area (Å²) in [5.41, 5.74) is 6.71. The third-order valence-corrected chi connectivity index (χ3v) is 2.35. The molecule has 0 aromatic heterocycles. The number of hydrogen-bond acceptors (Lipinski definition) is 5. The van der Waals surface area contributed by atoms with Gasteiger partial charge in [0, 0.05) is 6.54 Å². The molecule has 5 nitrogen and oxygen atoms in total. The lowest BCUT2D eigenvalue weighted by molar-refractivity contribution is -0.142. The third kappa shape index (κ3) is 2.95. The highest BCUT2D eigenvalue weighted by atomic mass is 16.5. The highest BCUT2D eigenvalue weighted by Crippen LogP contribution is 2.24. The zero-order valence-electron chi connectivity index (χ0n) is 9.56. The van der Waals surface area contributed by atoms with Crippen molar-refractivity contribution in [2.45, 2.75) is 19.9 Å². The quantitative estimate of drug-likeness (QED) is 0.752. The number of benzene rings is 1. The summed E-state index contributed by atoms with van der Waals surface area (Å²) in [5.74, 6) is -0.590. The zero-order valence-corrected chi connectivity index (χ0v) is 9.56. The summed E-state index contributed by atoms with van der Waals surface area (Å²) in [6, 6.07) is 4.87. The molecule has 0 fully saturated rings. The lowest BCUT2D eigenvalue weighted by Crippen LogP contribution is -2.12. The molecule has 0 amide bonds. The summed E-state index contributed by atoms with van der Waals surface area (Å²) in [6.07, 6.45) is -0.0579. The van der Waals surface area contributed by atoms with E-state index >= 15 is 0 Å². The Morgan fingerprint density at radius 1 is 1.59 bits per heavy atom. The molecule has 1 rings (SSSR count). The molecule has 0 aliphatic heterocycles. The zero-order chi connectivity index (χ0) is 12.8. The number of hydrogen-bond donors (Lipinski definition) is 2. The van der Waals surface area contributed by atoms with Crippen LogP contribution >= 0.6 is 0 Å². The van der Waals surface area contributed by atoms with Gasteiger partial charge in [-0.1, -0.05) is 6.07 Å². The minimum absolute atomic E-state index is 0.0579. The van der Waals surface area contributed by atoms with Crippen LogP contribution in [0, 0.1) is 11.3 Å². The summed E-state index contributed by atoms with van der Waals surface area (Å²) < 4.78 is 4.81. The summed E-state index contributed by atoms with van der Waals surface area (Å²) in [7, 11) is 0. The minimum Gasteiger partial charge on any atom is -0.507 e. The first-order chi connectivity index (χ1) is 8.13. The number of esters is 1. The van der Waals surface area contributed by atoms with E-state index in [1.807, 2.05) is 6.07 Å². The van der Waals surface area contributed by atoms with Gasteiger partial charge in [0.15, 0.2) is 0 Å². The fourth-order valence-corrected chi connectivity index (χ4v) is 1.55. The van der Waals surface area contributed by atoms with Crippen molar-refractivity contribution in [2.75, 3.05) is 6.61 Å². The molecule has 0 spiro atoms. The second kappa shape index (κ2) is 5.87. The van der Waals surface area contributed by atoms with Crippen LogP contribution in [0.1, 0.15) is 23.6 Å². The standard InChI is InChI=1S/C12H14N2O3/c1-2-17-12(16)5-9-8(6-13)3-4-11(15)10(9)7-14/h3-4,15H,2,5-6,13H2,1H3. The van der Waals surface area contributed by atoms with Gasteiger partial charge in [-0.15, -0.1) is 0 Å². The van der Waals surface area contributed by atoms with Crippen LogP contribution in [0.4, 0.5) is 0 Å². The minimum atomic E-state index is -0.440. The Bertz CT molecular complexity index is 464. The first kappa shape index (κ1) is 13.0. The van der Waals surface area contributed by atoms with Crippen molar-refractivity contribution < 1.29 is 14.6 Å². The molecule has 0 atom stereocenters. The predicted molar refractivity (Wildman–Crippen MR) is 61.1 cm³/mol. The van der Waals surface area contributed by atoms with Gasteiger partial charge in [0.25, 0.3) is 0 Å². The predicted octanol–water partition coefficient (Wildman–Crippen LogP) is 0.828. The number of nitriles is 1. The van der Waals surface area contributed by atoms with Gasteiger partial charge in [-0.25, -0.2) is 0 Å². The summed E-state index contributed by atoms with van der Waals surface area (Å²) in [6.45, 7) is 2.18. The number of carbonyl (C=O) groups excluding carboxylic acids is 1. The molecule has 17 heavy (non-hydrogen) atoms. The molecule has 0 unspecified atom stereocenters. The third-order valence-electron chi connectivity index (χ3n) is 2.35. The molecule has 0 saturated heterocycles. The van der Waals surface area contributed by atoms with Crippen molar-refractivity contribution in [3.63, 3.8) is 0 Å². The van der Waals surface area contributed by atoms with E-state index in [0.717, 1.165) is 0 Å². The summed E-state index contributed by atoms with van der Waals surface area (Å²) >= 11 is 0. The fraction of sp³-hybridized carbons (Fsp3) is 0.333. The summed E-state index contributed by atoms with van der Waals surface area (Å²) in [4.78, 5) is 11.4. The second-order valence-corrected chi connectivity index (χ2v) is 3.40. The molecular weight excluding hydrogens is 220 g/mol. The smallest absolute Gasteiger partial charge is 0.310 e. The first-order valence-electron chi connectivity index (χ1n) is 5.23. The normalized spacial score (nSPS) is 9.71. The van der Waals surface area contributed by atoms with Gasteiger partial charge < -0.3 is 15.6 Å². The monoisotopic (exact) mass is 234 g/mol. The number of carbonyl (C=O) groups is 1. The second-order valence-electron chi connectivity index (χ2n) is 3.40. The number of aromatic hydroxyl groups is 1. The van der Waals surface area contributed by atoms with Crippen LogP contribution in [0.2, 0.25) is 0 Å². The molecule has 90 valence electrons. The van der Waals surface area contributed by atoms with Crippen LogP contribution in [-0.4, -0.2) is 17.7 Å². The van der Waals surface area contributed by atoms with E-state index in [0.29, 0.717) is 11.1 Å². The van der Waals surface area contributed by atoms with E-state index in [1.165, 1.54) is 6.07 Å². The molecule has 0 heterocycles. The number of phenolic OH excluding ortho intramolecular Hbond substituents is 1. The molecule has 5 heteroatoms. The first-order valence-corrected chi connectivity index (χ1v) is 5.23. The van der Waals surface area contributed by atoms with Crippen molar-refractivity contribution >= 4 is 5.97 Å². The Hall–Kier alpha value is -2.06. The van der Waals surface area contributed by atoms with Crippen molar-refractivity contribution in [3.8, 4) is 11.8 Å². The van der Waals surface area contributed by atoms with E-state index < -0.39 is 5.97 Å². The van der Waals surface area contributed by atoms with Crippen LogP contribution in [-0.2, 0) is 22.5 Å². The molecule has 0 bridgehead atoms. The highest BCUT2D eigenvalue weighted by molar-refractivity contribution is 5.75. The number of ether oxygens (including phenoxy) is 1. The molecule has 0 radical (unpaired) electrons. The van der Waals surface area contributed by atoms with Gasteiger partial charge in [-0.3, -0.25) is 4.79 Å². The number of nitrogens with two attached hydrogens (primary N) is 1. The van der Waals surface area contributed by atoms with E-state index in [9.17, 15) is 9.90 Å². The van der Waals surface area contributed by atoms with Crippen LogP contribution < -0.4 is 5.73 Å². The maximum atomic E-state index is 11.4. The number of phenols is 1. The van der Waals surface area contributed by atoms with Crippen LogP contribution in [0.25, 0.3) is 0 Å². The van der Waals surface area contributed by atoms with Gasteiger partial charge >= 0.3 is 5.97 Å². The molecule has 3 N–H and O–H groups in total. The maximum Gasteiger partial charge on any atom is 0.310 e. The van der Waals surface area contributed by atoms with Crippen molar-refractivity contribution in [2.24, 2.45) is 5.73 Å². The van der Waals surface area contributed by atoms with Crippen molar-refractivity contribution in [3.05, 3.63) is 28.8 Å². The van der Waals surface area contributed by atoms with Gasteiger partial charge in [0.05, 0.1) is 18.6 Å². The molecular formula is C12H14N2O3. The Morgan fingerprint density at radius 2 is 2.29 bits per heavy atom. The molecule has 0 saturated carbocycles. The van der Waals surface area contributed by atoms with Gasteiger partial charge in [-0.2, -0.15) is 5.26 Å². The maximum absolute atomic E-state index is 11.4. The average molecular weight is 234 g/mol. The van der Waals surface area contributed by atoms with Crippen LogP contribution in [0.15, 0.2) is 12.1 Å². The van der Waals surface area contributed by atoms with Gasteiger partial charge in [0.2, 0.25) is 0 Å². The van der Waals surface area contributed by atoms with Gasteiger partial charge in [0.1, 0.15) is 11.8 Å². The molecule has 1 aromatic rings. The SMILES string of the molecule is CCOC(=O)Cc1c(CN)ccc(O)c1C#N. The lowest BCUT2D eigenvalue weighted by atomic mass is 9.98. The van der Waals surface area contributed by atoms with Crippen LogP contribution in [0.5, 0.6) is 5.75 Å². The lowest BCUT2D eigenvalue weighted by Gasteiger charge is -2.10. The Labute approximate surface area is 99.4 Å². The largest absolute Gasteiger partial charge is 0.507 e. The highest BCUT2D eigenvalue weighted by Gasteiger charge is 2.15. The van der Waals surface area contributed by atoms with E-state index in [1.54, 1.807) is 13.0 Å².